The van der Waals surface area contributed by atoms with Gasteiger partial charge in [0, 0.05) is 25.4 Å². The first-order chi connectivity index (χ1) is 21.5. The van der Waals surface area contributed by atoms with Crippen LogP contribution in [0.3, 0.4) is 0 Å². The van der Waals surface area contributed by atoms with Crippen LogP contribution < -0.4 is 10.6 Å². The van der Waals surface area contributed by atoms with Gasteiger partial charge in [0.2, 0.25) is 11.8 Å². The predicted molar refractivity (Wildman–Crippen MR) is 194 cm³/mol. The lowest BCUT2D eigenvalue weighted by Gasteiger charge is -2.22. The lowest BCUT2D eigenvalue weighted by Crippen LogP contribution is -2.38. The summed E-state index contributed by atoms with van der Waals surface area (Å²) < 4.78 is 0. The Morgan fingerprint density at radius 1 is 0.500 bits per heavy atom. The molecule has 0 aliphatic heterocycles. The zero-order chi connectivity index (χ0) is 32.4. The third-order valence-electron chi connectivity index (χ3n) is 9.09. The SMILES string of the molecule is CCCCCC/C=C\CCCCCCCC(=O)N[C@@H](CCCCNC(=O)CCCCCCCCCCCCCCC)C(C)C. The standard InChI is InChI=1S/C40H78N2O2/c1-5-7-9-11-13-15-17-19-21-23-25-27-29-34-39(43)41-36-32-31-33-38(37(3)4)42-40(44)35-30-28-26-24-22-20-18-16-14-12-10-8-6-2/h16,18,37-38H,5-15,17,19-36H2,1-4H3,(H,41,43)(H,42,44)/b18-16-/t38-/m0/s1. The molecule has 0 saturated carbocycles. The smallest absolute Gasteiger partial charge is 0.220 e. The Bertz CT molecular complexity index is 645. The molecule has 0 aliphatic rings. The first kappa shape index (κ1) is 42.7. The summed E-state index contributed by atoms with van der Waals surface area (Å²) in [7, 11) is 0. The third kappa shape index (κ3) is 32.1. The van der Waals surface area contributed by atoms with E-state index in [-0.39, 0.29) is 17.9 Å². The normalized spacial score (nSPS) is 12.3. The van der Waals surface area contributed by atoms with Gasteiger partial charge in [-0.1, -0.05) is 155 Å². The van der Waals surface area contributed by atoms with Crippen LogP contribution >= 0.6 is 0 Å². The monoisotopic (exact) mass is 619 g/mol. The van der Waals surface area contributed by atoms with Gasteiger partial charge in [-0.25, -0.2) is 0 Å². The van der Waals surface area contributed by atoms with Crippen molar-refractivity contribution in [3.63, 3.8) is 0 Å². The summed E-state index contributed by atoms with van der Waals surface area (Å²) in [5.41, 5.74) is 0. The molecule has 0 bridgehead atoms. The van der Waals surface area contributed by atoms with Crippen LogP contribution in [-0.2, 0) is 9.59 Å². The Kier molecular flexibility index (Phi) is 33.5. The molecule has 1 atom stereocenters. The summed E-state index contributed by atoms with van der Waals surface area (Å²) in [5, 5.41) is 6.40. The number of hydrogen-bond donors (Lipinski definition) is 2. The summed E-state index contributed by atoms with van der Waals surface area (Å²) >= 11 is 0. The highest BCUT2D eigenvalue weighted by atomic mass is 16.2. The van der Waals surface area contributed by atoms with E-state index in [0.717, 1.165) is 45.1 Å². The second-order valence-corrected chi connectivity index (χ2v) is 13.9. The number of amides is 2. The Morgan fingerprint density at radius 3 is 1.39 bits per heavy atom. The number of hydrogen-bond acceptors (Lipinski definition) is 2. The molecule has 0 fully saturated rings. The van der Waals surface area contributed by atoms with Crippen molar-refractivity contribution in [2.24, 2.45) is 5.92 Å². The van der Waals surface area contributed by atoms with Crippen LogP contribution in [0.25, 0.3) is 0 Å². The average Bonchev–Trinajstić information content (AvgIpc) is 3.00. The Balaban J connectivity index is 3.63. The Labute approximate surface area is 276 Å². The van der Waals surface area contributed by atoms with E-state index >= 15 is 0 Å². The van der Waals surface area contributed by atoms with E-state index in [9.17, 15) is 9.59 Å². The maximum atomic E-state index is 12.5. The van der Waals surface area contributed by atoms with E-state index in [1.807, 2.05) is 0 Å². The van der Waals surface area contributed by atoms with E-state index in [1.54, 1.807) is 0 Å². The molecule has 0 aromatic heterocycles. The van der Waals surface area contributed by atoms with Crippen molar-refractivity contribution in [2.75, 3.05) is 6.54 Å². The fraction of sp³-hybridized carbons (Fsp3) is 0.900. The number of carbonyl (C=O) groups excluding carboxylic acids is 2. The van der Waals surface area contributed by atoms with E-state index in [4.69, 9.17) is 0 Å². The van der Waals surface area contributed by atoms with E-state index in [0.29, 0.717) is 18.8 Å². The quantitative estimate of drug-likeness (QED) is 0.0557. The van der Waals surface area contributed by atoms with Crippen molar-refractivity contribution < 1.29 is 9.59 Å². The van der Waals surface area contributed by atoms with Crippen molar-refractivity contribution in [3.8, 4) is 0 Å². The molecule has 0 unspecified atom stereocenters. The van der Waals surface area contributed by atoms with Crippen LogP contribution in [0.2, 0.25) is 0 Å². The zero-order valence-electron chi connectivity index (χ0n) is 30.3. The minimum absolute atomic E-state index is 0.205. The molecule has 0 spiro atoms. The van der Waals surface area contributed by atoms with E-state index in [2.05, 4.69) is 50.5 Å². The fourth-order valence-corrected chi connectivity index (χ4v) is 5.96. The highest BCUT2D eigenvalue weighted by Gasteiger charge is 2.15. The molecule has 4 heteroatoms. The number of carbonyl (C=O) groups is 2. The molecule has 0 aromatic carbocycles. The molecule has 0 radical (unpaired) electrons. The summed E-state index contributed by atoms with van der Waals surface area (Å²) in [6.45, 7) is 9.69. The number of rotatable bonds is 34. The Hall–Kier alpha value is -1.32. The van der Waals surface area contributed by atoms with Crippen molar-refractivity contribution in [1.82, 2.24) is 10.6 Å². The maximum absolute atomic E-state index is 12.5. The summed E-state index contributed by atoms with van der Waals surface area (Å²) in [5.74, 6) is 0.848. The molecule has 4 nitrogen and oxygen atoms in total. The summed E-state index contributed by atoms with van der Waals surface area (Å²) in [4.78, 5) is 24.7. The molecule has 260 valence electrons. The van der Waals surface area contributed by atoms with Gasteiger partial charge in [-0.2, -0.15) is 0 Å². The van der Waals surface area contributed by atoms with Gasteiger partial charge < -0.3 is 10.6 Å². The molecular weight excluding hydrogens is 540 g/mol. The van der Waals surface area contributed by atoms with Crippen LogP contribution in [0.15, 0.2) is 12.2 Å². The second kappa shape index (κ2) is 34.6. The molecular formula is C40H78N2O2. The van der Waals surface area contributed by atoms with Crippen LogP contribution in [0.4, 0.5) is 0 Å². The molecule has 0 aromatic rings. The predicted octanol–water partition coefficient (Wildman–Crippen LogP) is 12.2. The fourth-order valence-electron chi connectivity index (χ4n) is 5.96. The summed E-state index contributed by atoms with van der Waals surface area (Å²) in [6.07, 6.45) is 40.1. The van der Waals surface area contributed by atoms with Gasteiger partial charge in [-0.15, -0.1) is 0 Å². The first-order valence-electron chi connectivity index (χ1n) is 19.7. The summed E-state index contributed by atoms with van der Waals surface area (Å²) in [6, 6.07) is 0.234. The average molecular weight is 619 g/mol. The van der Waals surface area contributed by atoms with Gasteiger partial charge in [0.05, 0.1) is 0 Å². The topological polar surface area (TPSA) is 58.2 Å². The van der Waals surface area contributed by atoms with Crippen molar-refractivity contribution >= 4 is 11.8 Å². The molecule has 2 N–H and O–H groups in total. The third-order valence-corrected chi connectivity index (χ3v) is 9.09. The largest absolute Gasteiger partial charge is 0.356 e. The van der Waals surface area contributed by atoms with Crippen molar-refractivity contribution in [2.45, 2.75) is 220 Å². The van der Waals surface area contributed by atoms with Gasteiger partial charge in [0.25, 0.3) is 0 Å². The van der Waals surface area contributed by atoms with Gasteiger partial charge in [0.1, 0.15) is 0 Å². The highest BCUT2D eigenvalue weighted by molar-refractivity contribution is 5.76. The van der Waals surface area contributed by atoms with Crippen molar-refractivity contribution in [3.05, 3.63) is 12.2 Å². The molecule has 0 saturated heterocycles. The van der Waals surface area contributed by atoms with Crippen LogP contribution in [0.1, 0.15) is 214 Å². The number of allylic oxidation sites excluding steroid dienone is 2. The Morgan fingerprint density at radius 2 is 0.909 bits per heavy atom. The number of nitrogens with one attached hydrogen (secondary N) is 2. The van der Waals surface area contributed by atoms with Crippen LogP contribution in [0, 0.1) is 5.92 Å². The van der Waals surface area contributed by atoms with Crippen LogP contribution in [-0.4, -0.2) is 24.4 Å². The molecule has 44 heavy (non-hydrogen) atoms. The minimum Gasteiger partial charge on any atom is -0.356 e. The molecule has 0 heterocycles. The van der Waals surface area contributed by atoms with Gasteiger partial charge >= 0.3 is 0 Å². The van der Waals surface area contributed by atoms with Crippen LogP contribution in [0.5, 0.6) is 0 Å². The van der Waals surface area contributed by atoms with Gasteiger partial charge in [-0.05, 0) is 63.7 Å². The van der Waals surface area contributed by atoms with E-state index in [1.165, 1.54) is 135 Å². The molecule has 2 amide bonds. The lowest BCUT2D eigenvalue weighted by molar-refractivity contribution is -0.122. The highest BCUT2D eigenvalue weighted by Crippen LogP contribution is 2.14. The maximum Gasteiger partial charge on any atom is 0.220 e. The van der Waals surface area contributed by atoms with Crippen molar-refractivity contribution in [1.29, 1.82) is 0 Å². The first-order valence-corrected chi connectivity index (χ1v) is 19.7. The van der Waals surface area contributed by atoms with E-state index < -0.39 is 0 Å². The minimum atomic E-state index is 0.205. The second-order valence-electron chi connectivity index (χ2n) is 13.9. The van der Waals surface area contributed by atoms with Gasteiger partial charge in [0.15, 0.2) is 0 Å². The molecule has 0 aliphatic carbocycles. The zero-order valence-corrected chi connectivity index (χ0v) is 30.3. The number of unbranched alkanes of at least 4 members (excludes halogenated alkanes) is 22. The lowest BCUT2D eigenvalue weighted by atomic mass is 9.98. The molecule has 0 rings (SSSR count). The van der Waals surface area contributed by atoms with Gasteiger partial charge in [-0.3, -0.25) is 9.59 Å².